The number of hydrogen-bond donors (Lipinski definition) is 1. The Morgan fingerprint density at radius 1 is 1.02 bits per heavy atom. The normalized spacial score (nSPS) is 15.2. The minimum Gasteiger partial charge on any atom is -0.378 e. The number of nitrogens with zero attached hydrogens (tertiary/aromatic N) is 6. The molecule has 6 rings (SSSR count). The molecule has 42 heavy (non-hydrogen) atoms. The highest BCUT2D eigenvalue weighted by atomic mass is 16.2. The number of benzene rings is 2. The van der Waals surface area contributed by atoms with Crippen molar-refractivity contribution in [2.24, 2.45) is 13.0 Å². The molecule has 1 amide bonds. The van der Waals surface area contributed by atoms with Crippen LogP contribution in [0.25, 0.3) is 33.1 Å². The molecule has 1 atom stereocenters. The molecule has 0 saturated carbocycles. The fourth-order valence-electron chi connectivity index (χ4n) is 6.33. The third kappa shape index (κ3) is 5.72. The van der Waals surface area contributed by atoms with Crippen molar-refractivity contribution in [3.63, 3.8) is 0 Å². The van der Waals surface area contributed by atoms with Crippen molar-refractivity contribution in [3.8, 4) is 11.1 Å². The topological polar surface area (TPSA) is 79.2 Å². The lowest BCUT2D eigenvalue weighted by Crippen LogP contribution is -2.44. The van der Waals surface area contributed by atoms with Gasteiger partial charge in [-0.15, -0.1) is 0 Å². The first-order valence-corrected chi connectivity index (χ1v) is 15.0. The summed E-state index contributed by atoms with van der Waals surface area (Å²) in [4.78, 5) is 30.8. The van der Waals surface area contributed by atoms with Crippen molar-refractivity contribution >= 4 is 33.5 Å². The van der Waals surface area contributed by atoms with Gasteiger partial charge in [0.15, 0.2) is 0 Å². The summed E-state index contributed by atoms with van der Waals surface area (Å²) in [6.07, 6.45) is 11.4. The fourth-order valence-corrected chi connectivity index (χ4v) is 6.33. The third-order valence-electron chi connectivity index (χ3n) is 8.72. The molecule has 1 N–H and O–H groups in total. The van der Waals surface area contributed by atoms with E-state index in [1.807, 2.05) is 37.2 Å². The number of hydrogen-bond acceptors (Lipinski definition) is 6. The number of amides is 1. The van der Waals surface area contributed by atoms with Crippen LogP contribution in [0.5, 0.6) is 0 Å². The third-order valence-corrected chi connectivity index (χ3v) is 8.72. The standard InChI is InChI=1S/C34H39N7O/c1-4-41(5-2)32(42)23-40-17-11-25(12-18-40)33(27-7-6-13-35-22-27)38-28-20-29(34-30(21-28)36-14-15-37-34)26-9-8-24-10-16-39(3)31(24)19-26/h6-10,13-16,19-22,25,33,38H,4-5,11-12,17-18,23H2,1-3H3. The van der Waals surface area contributed by atoms with Crippen LogP contribution in [0.3, 0.4) is 0 Å². The van der Waals surface area contributed by atoms with Gasteiger partial charge in [-0.1, -0.05) is 18.2 Å². The van der Waals surface area contributed by atoms with Gasteiger partial charge in [0.2, 0.25) is 5.91 Å². The molecule has 1 unspecified atom stereocenters. The Labute approximate surface area is 247 Å². The van der Waals surface area contributed by atoms with Crippen molar-refractivity contribution in [1.29, 1.82) is 0 Å². The van der Waals surface area contributed by atoms with E-state index in [0.29, 0.717) is 12.5 Å². The monoisotopic (exact) mass is 561 g/mol. The van der Waals surface area contributed by atoms with Crippen LogP contribution in [0, 0.1) is 5.92 Å². The van der Waals surface area contributed by atoms with Gasteiger partial charge in [-0.2, -0.15) is 0 Å². The van der Waals surface area contributed by atoms with Crippen LogP contribution >= 0.6 is 0 Å². The second-order valence-electron chi connectivity index (χ2n) is 11.2. The van der Waals surface area contributed by atoms with Gasteiger partial charge in [-0.05, 0) is 92.5 Å². The number of carbonyl (C=O) groups is 1. The van der Waals surface area contributed by atoms with E-state index in [1.165, 1.54) is 16.5 Å². The first-order valence-electron chi connectivity index (χ1n) is 15.0. The molecular formula is C34H39N7O. The van der Waals surface area contributed by atoms with Crippen LogP contribution in [0.2, 0.25) is 0 Å². The van der Waals surface area contributed by atoms with Crippen LogP contribution < -0.4 is 5.32 Å². The summed E-state index contributed by atoms with van der Waals surface area (Å²) in [6, 6.07) is 17.3. The van der Waals surface area contributed by atoms with Gasteiger partial charge in [-0.25, -0.2) is 0 Å². The number of rotatable bonds is 9. The number of nitrogens with one attached hydrogen (secondary N) is 1. The molecule has 8 heteroatoms. The lowest BCUT2D eigenvalue weighted by atomic mass is 9.85. The number of piperidine rings is 1. The summed E-state index contributed by atoms with van der Waals surface area (Å²) in [5.41, 5.74) is 7.28. The van der Waals surface area contributed by atoms with Gasteiger partial charge in [0.1, 0.15) is 0 Å². The number of aromatic nitrogens is 4. The Balaban J connectivity index is 1.29. The zero-order chi connectivity index (χ0) is 29.1. The number of likely N-dealkylation sites (tertiary alicyclic amines) is 1. The number of likely N-dealkylation sites (N-methyl/N-ethyl adjacent to an activating group) is 1. The second-order valence-corrected chi connectivity index (χ2v) is 11.2. The van der Waals surface area contributed by atoms with E-state index >= 15 is 0 Å². The largest absolute Gasteiger partial charge is 0.378 e. The first-order chi connectivity index (χ1) is 20.5. The molecule has 0 bridgehead atoms. The molecule has 3 aromatic heterocycles. The first kappa shape index (κ1) is 27.8. The van der Waals surface area contributed by atoms with E-state index in [9.17, 15) is 4.79 Å². The molecule has 0 radical (unpaired) electrons. The minimum absolute atomic E-state index is 0.0802. The molecule has 8 nitrogen and oxygen atoms in total. The Morgan fingerprint density at radius 2 is 1.83 bits per heavy atom. The number of fused-ring (bicyclic) bond motifs is 2. The van der Waals surface area contributed by atoms with Crippen molar-refractivity contribution in [2.45, 2.75) is 32.7 Å². The minimum atomic E-state index is 0.0802. The second kappa shape index (κ2) is 12.3. The molecule has 1 aliphatic rings. The van der Waals surface area contributed by atoms with Gasteiger partial charge in [0.05, 0.1) is 23.6 Å². The molecule has 216 valence electrons. The number of pyridine rings is 1. The zero-order valence-electron chi connectivity index (χ0n) is 24.7. The van der Waals surface area contributed by atoms with Crippen LogP contribution in [0.4, 0.5) is 5.69 Å². The molecule has 0 aliphatic carbocycles. The number of anilines is 1. The smallest absolute Gasteiger partial charge is 0.236 e. The summed E-state index contributed by atoms with van der Waals surface area (Å²) in [5, 5.41) is 5.11. The summed E-state index contributed by atoms with van der Waals surface area (Å²) in [6.45, 7) is 7.91. The highest BCUT2D eigenvalue weighted by Gasteiger charge is 2.29. The maximum absolute atomic E-state index is 12.7. The van der Waals surface area contributed by atoms with Gasteiger partial charge in [0.25, 0.3) is 0 Å². The average molecular weight is 562 g/mol. The Kier molecular flexibility index (Phi) is 8.15. The van der Waals surface area contributed by atoms with Crippen molar-refractivity contribution in [2.75, 3.05) is 38.0 Å². The quantitative estimate of drug-likeness (QED) is 0.241. The molecule has 1 aliphatic heterocycles. The van der Waals surface area contributed by atoms with Gasteiger partial charge < -0.3 is 14.8 Å². The summed E-state index contributed by atoms with van der Waals surface area (Å²) in [5.74, 6) is 0.619. The van der Waals surface area contributed by atoms with E-state index < -0.39 is 0 Å². The fraction of sp³-hybridized carbons (Fsp3) is 0.353. The Hall–Kier alpha value is -4.30. The Bertz CT molecular complexity index is 1670. The molecule has 1 fully saturated rings. The van der Waals surface area contributed by atoms with Crippen LogP contribution in [0.15, 0.2) is 79.5 Å². The predicted molar refractivity (Wildman–Crippen MR) is 169 cm³/mol. The summed E-state index contributed by atoms with van der Waals surface area (Å²) >= 11 is 0. The maximum atomic E-state index is 12.7. The van der Waals surface area contributed by atoms with Crippen molar-refractivity contribution in [1.82, 2.24) is 29.3 Å². The maximum Gasteiger partial charge on any atom is 0.236 e. The van der Waals surface area contributed by atoms with E-state index in [2.05, 4.69) is 75.5 Å². The van der Waals surface area contributed by atoms with Crippen molar-refractivity contribution in [3.05, 3.63) is 85.1 Å². The molecule has 1 saturated heterocycles. The number of carbonyl (C=O) groups excluding carboxylic acids is 1. The lowest BCUT2D eigenvalue weighted by molar-refractivity contribution is -0.132. The van der Waals surface area contributed by atoms with Crippen molar-refractivity contribution < 1.29 is 4.79 Å². The number of aryl methyl sites for hydroxylation is 1. The van der Waals surface area contributed by atoms with Gasteiger partial charge >= 0.3 is 0 Å². The lowest BCUT2D eigenvalue weighted by Gasteiger charge is -2.37. The Morgan fingerprint density at radius 3 is 2.60 bits per heavy atom. The molecule has 2 aromatic carbocycles. The van der Waals surface area contributed by atoms with E-state index in [-0.39, 0.29) is 11.9 Å². The summed E-state index contributed by atoms with van der Waals surface area (Å²) < 4.78 is 2.15. The molecule has 4 heterocycles. The summed E-state index contributed by atoms with van der Waals surface area (Å²) in [7, 11) is 2.07. The zero-order valence-corrected chi connectivity index (χ0v) is 24.7. The van der Waals surface area contributed by atoms with E-state index in [0.717, 1.165) is 66.9 Å². The van der Waals surface area contributed by atoms with E-state index in [4.69, 9.17) is 9.97 Å². The highest BCUT2D eigenvalue weighted by Crippen LogP contribution is 2.37. The van der Waals surface area contributed by atoms with Gasteiger partial charge in [-0.3, -0.25) is 24.6 Å². The van der Waals surface area contributed by atoms with Crippen LogP contribution in [-0.4, -0.2) is 67.9 Å². The molecule has 0 spiro atoms. The predicted octanol–water partition coefficient (Wildman–Crippen LogP) is 5.92. The molecule has 5 aromatic rings. The highest BCUT2D eigenvalue weighted by molar-refractivity contribution is 5.97. The van der Waals surface area contributed by atoms with Crippen LogP contribution in [0.1, 0.15) is 38.3 Å². The van der Waals surface area contributed by atoms with E-state index in [1.54, 1.807) is 12.4 Å². The van der Waals surface area contributed by atoms with Crippen LogP contribution in [-0.2, 0) is 11.8 Å². The van der Waals surface area contributed by atoms with Gasteiger partial charge in [0, 0.05) is 67.9 Å². The average Bonchev–Trinajstić information content (AvgIpc) is 3.40. The SMILES string of the molecule is CCN(CC)C(=O)CN1CCC(C(Nc2cc(-c3ccc4ccn(C)c4c3)c3nccnc3c2)c2cccnc2)CC1. The molecular weight excluding hydrogens is 522 g/mol.